The average molecular weight is 230 g/mol. The largest absolute Gasteiger partial charge is 1.00 e. The van der Waals surface area contributed by atoms with Gasteiger partial charge in [-0.15, -0.1) is 0 Å². The van der Waals surface area contributed by atoms with E-state index in [0.29, 0.717) is 12.3 Å². The number of hydrogen-bond acceptors (Lipinski definition) is 0. The van der Waals surface area contributed by atoms with Gasteiger partial charge in [-0.05, 0) is 5.92 Å². The molecule has 0 nitrogen and oxygen atoms in total. The van der Waals surface area contributed by atoms with Crippen molar-refractivity contribution in [3.8, 4) is 0 Å². The molecule has 14 heavy (non-hydrogen) atoms. The fourth-order valence-corrected chi connectivity index (χ4v) is 2.77. The normalized spacial score (nSPS) is 33.6. The number of halogens is 3. The molecule has 2 saturated carbocycles. The molecule has 2 atom stereocenters. The molecule has 0 aromatic heterocycles. The van der Waals surface area contributed by atoms with Gasteiger partial charge in [-0.1, -0.05) is 50.3 Å². The molecular weight excluding hydrogens is 215 g/mol. The summed E-state index contributed by atoms with van der Waals surface area (Å²) in [4.78, 5) is 0. The monoisotopic (exact) mass is 230 g/mol. The third kappa shape index (κ3) is 3.24. The molecule has 0 heterocycles. The molecule has 0 aromatic rings. The van der Waals surface area contributed by atoms with Gasteiger partial charge in [0.05, 0.1) is 0 Å². The first-order chi connectivity index (χ1) is 6.09. The van der Waals surface area contributed by atoms with Crippen LogP contribution in [-0.2, 0) is 0 Å². The first kappa shape index (κ1) is 13.6. The van der Waals surface area contributed by atoms with Crippen LogP contribution in [0.25, 0.3) is 0 Å². The van der Waals surface area contributed by atoms with Crippen LogP contribution in [-0.4, -0.2) is 6.98 Å². The quantitative estimate of drug-likeness (QED) is 0.616. The van der Waals surface area contributed by atoms with E-state index < -0.39 is 12.8 Å². The minimum Gasteiger partial charge on any atom is -0.449 e. The zero-order valence-corrected chi connectivity index (χ0v) is 11.8. The Kier molecular flexibility index (Phi) is 5.05. The van der Waals surface area contributed by atoms with Crippen molar-refractivity contribution < 1.29 is 64.3 Å². The third-order valence-electron chi connectivity index (χ3n) is 3.63. The van der Waals surface area contributed by atoms with Gasteiger partial charge in [-0.25, -0.2) is 0 Å². The Balaban J connectivity index is 0.000000980. The Morgan fingerprint density at radius 3 is 1.93 bits per heavy atom. The van der Waals surface area contributed by atoms with Crippen LogP contribution < -0.4 is 51.4 Å². The summed E-state index contributed by atoms with van der Waals surface area (Å²) in [6, 6.07) is 0. The molecule has 2 aliphatic rings. The van der Waals surface area contributed by atoms with Gasteiger partial charge in [0, 0.05) is 0 Å². The second-order valence-electron chi connectivity index (χ2n) is 4.59. The molecular formula is C9H15BF3K. The van der Waals surface area contributed by atoms with Crippen molar-refractivity contribution in [1.29, 1.82) is 0 Å². The molecule has 0 radical (unpaired) electrons. The van der Waals surface area contributed by atoms with Crippen LogP contribution >= 0.6 is 0 Å². The van der Waals surface area contributed by atoms with E-state index in [1.807, 2.05) is 0 Å². The number of hydrogen-bond donors (Lipinski definition) is 0. The van der Waals surface area contributed by atoms with E-state index >= 15 is 0 Å². The molecule has 2 rings (SSSR count). The van der Waals surface area contributed by atoms with Crippen molar-refractivity contribution >= 4 is 6.98 Å². The van der Waals surface area contributed by atoms with Crippen LogP contribution in [0.1, 0.15) is 38.5 Å². The van der Waals surface area contributed by atoms with Gasteiger partial charge in [-0.2, -0.15) is 0 Å². The third-order valence-corrected chi connectivity index (χ3v) is 3.63. The summed E-state index contributed by atoms with van der Waals surface area (Å²) < 4.78 is 36.9. The predicted octanol–water partition coefficient (Wildman–Crippen LogP) is 0.808. The summed E-state index contributed by atoms with van der Waals surface area (Å²) in [7, 11) is 0. The number of rotatable bonds is 2. The maximum Gasteiger partial charge on any atom is 1.00 e. The van der Waals surface area contributed by atoms with Crippen molar-refractivity contribution in [2.45, 2.75) is 44.3 Å². The van der Waals surface area contributed by atoms with Crippen LogP contribution in [0.5, 0.6) is 0 Å². The Hall–Kier alpha value is 1.49. The summed E-state index contributed by atoms with van der Waals surface area (Å²) in [5, 5.41) is 0. The van der Waals surface area contributed by atoms with E-state index in [2.05, 4.69) is 0 Å². The molecule has 2 aliphatic carbocycles. The van der Waals surface area contributed by atoms with Crippen LogP contribution in [0, 0.1) is 11.8 Å². The van der Waals surface area contributed by atoms with Gasteiger partial charge < -0.3 is 12.9 Å². The van der Waals surface area contributed by atoms with Gasteiger partial charge in [0.15, 0.2) is 0 Å². The molecule has 2 unspecified atom stereocenters. The minimum atomic E-state index is -4.52. The van der Waals surface area contributed by atoms with Gasteiger partial charge in [0.1, 0.15) is 0 Å². The average Bonchev–Trinajstić information content (AvgIpc) is 2.83. The van der Waals surface area contributed by atoms with Crippen molar-refractivity contribution in [2.75, 3.05) is 0 Å². The van der Waals surface area contributed by atoms with E-state index in [1.165, 1.54) is 6.42 Å². The van der Waals surface area contributed by atoms with Crippen LogP contribution in [0.3, 0.4) is 0 Å². The second kappa shape index (κ2) is 5.21. The van der Waals surface area contributed by atoms with Gasteiger partial charge >= 0.3 is 58.4 Å². The molecule has 0 aliphatic heterocycles. The Morgan fingerprint density at radius 2 is 1.50 bits per heavy atom. The van der Waals surface area contributed by atoms with E-state index in [9.17, 15) is 12.9 Å². The van der Waals surface area contributed by atoms with E-state index in [0.717, 1.165) is 25.7 Å². The smallest absolute Gasteiger partial charge is 0.449 e. The van der Waals surface area contributed by atoms with Crippen molar-refractivity contribution in [3.63, 3.8) is 0 Å². The molecule has 0 N–H and O–H groups in total. The summed E-state index contributed by atoms with van der Waals surface area (Å²) in [5.41, 5.74) is 0. The fourth-order valence-electron chi connectivity index (χ4n) is 2.77. The minimum absolute atomic E-state index is 0. The fraction of sp³-hybridized carbons (Fsp3) is 1.00. The molecule has 0 saturated heterocycles. The predicted molar refractivity (Wildman–Crippen MR) is 47.5 cm³/mol. The Bertz CT molecular complexity index is 189. The Morgan fingerprint density at radius 1 is 0.929 bits per heavy atom. The maximum absolute atomic E-state index is 12.3. The van der Waals surface area contributed by atoms with Crippen LogP contribution in [0.2, 0.25) is 5.82 Å². The molecule has 2 fully saturated rings. The summed E-state index contributed by atoms with van der Waals surface area (Å²) >= 11 is 0. The molecule has 0 bridgehead atoms. The van der Waals surface area contributed by atoms with Gasteiger partial charge in [0.25, 0.3) is 0 Å². The summed E-state index contributed by atoms with van der Waals surface area (Å²) in [5.74, 6) is -0.467. The van der Waals surface area contributed by atoms with E-state index in [4.69, 9.17) is 0 Å². The summed E-state index contributed by atoms with van der Waals surface area (Å²) in [6.07, 6.45) is 6.07. The first-order valence-corrected chi connectivity index (χ1v) is 5.29. The van der Waals surface area contributed by atoms with Crippen molar-refractivity contribution in [3.05, 3.63) is 0 Å². The van der Waals surface area contributed by atoms with Crippen molar-refractivity contribution in [2.24, 2.45) is 11.8 Å². The topological polar surface area (TPSA) is 0 Å². The summed E-state index contributed by atoms with van der Waals surface area (Å²) in [6.45, 7) is -4.52. The maximum atomic E-state index is 12.3. The zero-order valence-electron chi connectivity index (χ0n) is 8.69. The van der Waals surface area contributed by atoms with Crippen LogP contribution in [0.4, 0.5) is 12.9 Å². The molecule has 0 spiro atoms. The second-order valence-corrected chi connectivity index (χ2v) is 4.59. The van der Waals surface area contributed by atoms with Crippen LogP contribution in [0.15, 0.2) is 0 Å². The molecule has 0 amide bonds. The Labute approximate surface area is 126 Å². The van der Waals surface area contributed by atoms with Crippen molar-refractivity contribution in [1.82, 2.24) is 0 Å². The standard InChI is InChI=1S/C9H15BF3.K/c11-10(12,13)9-6-8(9)7-4-2-1-3-5-7;/h7-9H,1-6H2;/q-1;+1. The van der Waals surface area contributed by atoms with Gasteiger partial charge in [0.2, 0.25) is 0 Å². The molecule has 0 aromatic carbocycles. The van der Waals surface area contributed by atoms with Gasteiger partial charge in [-0.3, -0.25) is 0 Å². The zero-order chi connectivity index (χ0) is 9.47. The van der Waals surface area contributed by atoms with E-state index in [1.54, 1.807) is 0 Å². The van der Waals surface area contributed by atoms with E-state index in [-0.39, 0.29) is 57.3 Å². The SMILES string of the molecule is F[B-](F)(F)C1CC1C1CCCCC1.[K+]. The molecule has 5 heteroatoms. The first-order valence-electron chi connectivity index (χ1n) is 5.29. The molecule has 76 valence electrons.